The number of phenolic OH excluding ortho intramolecular Hbond substituents is 1. The van der Waals surface area contributed by atoms with Crippen molar-refractivity contribution in [1.29, 1.82) is 0 Å². The molecule has 0 saturated heterocycles. The number of allylic oxidation sites excluding steroid dienone is 1. The molecule has 0 bridgehead atoms. The minimum Gasteiger partial charge on any atom is -0.505 e. The van der Waals surface area contributed by atoms with E-state index in [1.54, 1.807) is 0 Å². The van der Waals surface area contributed by atoms with Crippen LogP contribution in [0.4, 0.5) is 4.39 Å². The molecule has 1 unspecified atom stereocenters. The molecule has 0 spiro atoms. The highest BCUT2D eigenvalue weighted by Gasteiger charge is 2.10. The number of hydrogen-bond donors (Lipinski definition) is 1. The number of rotatable bonds is 5. The fraction of sp³-hybridized carbons (Fsp3) is 0.176. The number of halogens is 1. The van der Waals surface area contributed by atoms with E-state index in [0.29, 0.717) is 12.0 Å². The first-order valence-corrected chi connectivity index (χ1v) is 8.12. The normalized spacial score (nSPS) is 10.6. The molecule has 4 heteroatoms. The zero-order valence-electron chi connectivity index (χ0n) is 11.9. The van der Waals surface area contributed by atoms with E-state index in [0.717, 1.165) is 21.5 Å². The number of benzene rings is 2. The van der Waals surface area contributed by atoms with Crippen LogP contribution >= 0.6 is 21.0 Å². The SMILES string of the molecule is C=CCc1cc(P)cc(Sc2cc(F)c(O)c(CC)c2)c1. The highest BCUT2D eigenvalue weighted by Crippen LogP contribution is 2.33. The third-order valence-corrected chi connectivity index (χ3v) is 4.38. The smallest absolute Gasteiger partial charge is 0.166 e. The maximum Gasteiger partial charge on any atom is 0.166 e. The van der Waals surface area contributed by atoms with Gasteiger partial charge in [-0.15, -0.1) is 15.8 Å². The van der Waals surface area contributed by atoms with Crippen LogP contribution < -0.4 is 5.30 Å². The Bertz CT molecular complexity index is 670. The van der Waals surface area contributed by atoms with Gasteiger partial charge < -0.3 is 5.11 Å². The zero-order valence-corrected chi connectivity index (χ0v) is 13.9. The quantitative estimate of drug-likeness (QED) is 0.648. The Morgan fingerprint density at radius 1 is 1.24 bits per heavy atom. The van der Waals surface area contributed by atoms with Crippen molar-refractivity contribution in [3.8, 4) is 5.75 Å². The molecule has 0 heterocycles. The highest BCUT2D eigenvalue weighted by molar-refractivity contribution is 7.99. The largest absolute Gasteiger partial charge is 0.505 e. The van der Waals surface area contributed by atoms with Gasteiger partial charge in [-0.25, -0.2) is 4.39 Å². The lowest BCUT2D eigenvalue weighted by atomic mass is 10.1. The summed E-state index contributed by atoms with van der Waals surface area (Å²) in [5, 5.41) is 10.7. The molecule has 0 fully saturated rings. The summed E-state index contributed by atoms with van der Waals surface area (Å²) in [4.78, 5) is 1.84. The van der Waals surface area contributed by atoms with E-state index >= 15 is 0 Å². The van der Waals surface area contributed by atoms with Crippen molar-refractivity contribution >= 4 is 26.3 Å². The predicted octanol–water partition coefficient (Wildman–Crippen LogP) is 4.47. The van der Waals surface area contributed by atoms with Crippen LogP contribution in [0.5, 0.6) is 5.75 Å². The van der Waals surface area contributed by atoms with Crippen molar-refractivity contribution in [3.63, 3.8) is 0 Å². The Balaban J connectivity index is 2.33. The predicted molar refractivity (Wildman–Crippen MR) is 91.3 cm³/mol. The summed E-state index contributed by atoms with van der Waals surface area (Å²) < 4.78 is 13.7. The average Bonchev–Trinajstić information content (AvgIpc) is 2.42. The fourth-order valence-corrected chi connectivity index (χ4v) is 3.68. The van der Waals surface area contributed by atoms with Crippen LogP contribution in [0.25, 0.3) is 0 Å². The summed E-state index contributed by atoms with van der Waals surface area (Å²) in [6.45, 7) is 5.65. The van der Waals surface area contributed by atoms with Gasteiger partial charge in [0, 0.05) is 9.79 Å². The van der Waals surface area contributed by atoms with Crippen LogP contribution in [-0.4, -0.2) is 5.11 Å². The Morgan fingerprint density at radius 3 is 2.62 bits per heavy atom. The molecule has 0 aliphatic heterocycles. The summed E-state index contributed by atoms with van der Waals surface area (Å²) in [5.41, 5.74) is 1.81. The van der Waals surface area contributed by atoms with Gasteiger partial charge in [0.25, 0.3) is 0 Å². The average molecular weight is 320 g/mol. The maximum atomic E-state index is 13.7. The van der Waals surface area contributed by atoms with Crippen LogP contribution in [0, 0.1) is 5.82 Å². The minimum atomic E-state index is -0.565. The number of aryl methyl sites for hydroxylation is 1. The van der Waals surface area contributed by atoms with Gasteiger partial charge in [0.2, 0.25) is 0 Å². The van der Waals surface area contributed by atoms with Crippen molar-refractivity contribution in [3.05, 3.63) is 59.9 Å². The van der Waals surface area contributed by atoms with E-state index in [1.807, 2.05) is 25.1 Å². The second-order valence-corrected chi connectivity index (χ2v) is 6.59. The Labute approximate surface area is 131 Å². The molecule has 2 aromatic carbocycles. The van der Waals surface area contributed by atoms with E-state index in [-0.39, 0.29) is 5.75 Å². The summed E-state index contributed by atoms with van der Waals surface area (Å²) in [6, 6.07) is 9.42. The lowest BCUT2D eigenvalue weighted by Crippen LogP contribution is -1.95. The third-order valence-electron chi connectivity index (χ3n) is 3.10. The second-order valence-electron chi connectivity index (χ2n) is 4.77. The van der Waals surface area contributed by atoms with Gasteiger partial charge in [0.1, 0.15) is 0 Å². The van der Waals surface area contributed by atoms with Crippen molar-refractivity contribution in [2.24, 2.45) is 0 Å². The topological polar surface area (TPSA) is 20.2 Å². The molecule has 1 nitrogen and oxygen atoms in total. The maximum absolute atomic E-state index is 13.7. The third kappa shape index (κ3) is 4.09. The molecule has 110 valence electrons. The van der Waals surface area contributed by atoms with Gasteiger partial charge in [-0.3, -0.25) is 0 Å². The first kappa shape index (κ1) is 16.1. The summed E-state index contributed by atoms with van der Waals surface area (Å²) in [6.07, 6.45) is 3.27. The van der Waals surface area contributed by atoms with E-state index in [9.17, 15) is 9.50 Å². The lowest BCUT2D eigenvalue weighted by Gasteiger charge is -2.09. The van der Waals surface area contributed by atoms with Gasteiger partial charge in [-0.1, -0.05) is 30.8 Å². The summed E-state index contributed by atoms with van der Waals surface area (Å²) in [7, 11) is 2.69. The lowest BCUT2D eigenvalue weighted by molar-refractivity contribution is 0.425. The molecule has 1 atom stereocenters. The van der Waals surface area contributed by atoms with Crippen molar-refractivity contribution in [2.45, 2.75) is 29.6 Å². The van der Waals surface area contributed by atoms with E-state index in [1.165, 1.54) is 23.4 Å². The minimum absolute atomic E-state index is 0.242. The van der Waals surface area contributed by atoms with E-state index < -0.39 is 5.82 Å². The van der Waals surface area contributed by atoms with Gasteiger partial charge in [0.05, 0.1) is 0 Å². The summed E-state index contributed by atoms with van der Waals surface area (Å²) >= 11 is 1.50. The van der Waals surface area contributed by atoms with E-state index in [2.05, 4.69) is 28.0 Å². The molecule has 0 saturated carbocycles. The molecular formula is C17H18FOPS. The first-order valence-electron chi connectivity index (χ1n) is 6.73. The van der Waals surface area contributed by atoms with Gasteiger partial charge in [0.15, 0.2) is 11.6 Å². The Morgan fingerprint density at radius 2 is 1.95 bits per heavy atom. The Hall–Kier alpha value is -1.31. The zero-order chi connectivity index (χ0) is 15.4. The van der Waals surface area contributed by atoms with E-state index in [4.69, 9.17) is 0 Å². The molecule has 0 aliphatic carbocycles. The van der Waals surface area contributed by atoms with Gasteiger partial charge >= 0.3 is 0 Å². The van der Waals surface area contributed by atoms with Crippen molar-refractivity contribution in [1.82, 2.24) is 0 Å². The van der Waals surface area contributed by atoms with Crippen molar-refractivity contribution < 1.29 is 9.50 Å². The molecule has 21 heavy (non-hydrogen) atoms. The molecular weight excluding hydrogens is 302 g/mol. The molecule has 2 aromatic rings. The molecule has 0 amide bonds. The summed E-state index contributed by atoms with van der Waals surface area (Å²) in [5.74, 6) is -0.806. The Kier molecular flexibility index (Phi) is 5.44. The van der Waals surface area contributed by atoms with Crippen LogP contribution in [0.15, 0.2) is 52.8 Å². The molecule has 1 N–H and O–H groups in total. The first-order chi connectivity index (χ1) is 10.0. The van der Waals surface area contributed by atoms with Gasteiger partial charge in [-0.05, 0) is 53.5 Å². The molecule has 0 aliphatic rings. The van der Waals surface area contributed by atoms with Crippen LogP contribution in [0.1, 0.15) is 18.1 Å². The van der Waals surface area contributed by atoms with Crippen molar-refractivity contribution in [2.75, 3.05) is 0 Å². The monoisotopic (exact) mass is 320 g/mol. The molecule has 0 aromatic heterocycles. The highest BCUT2D eigenvalue weighted by atomic mass is 32.2. The fourth-order valence-electron chi connectivity index (χ4n) is 2.12. The number of hydrogen-bond acceptors (Lipinski definition) is 2. The standard InChI is InChI=1S/C17H18FOPS/c1-3-5-11-6-13(20)9-14(7-11)21-15-8-12(4-2)17(19)16(18)10-15/h3,6-10,19H,1,4-5,20H2,2H3. The number of phenols is 1. The molecule has 2 rings (SSSR count). The second kappa shape index (κ2) is 7.11. The van der Waals surface area contributed by atoms with Crippen LogP contribution in [-0.2, 0) is 12.8 Å². The van der Waals surface area contributed by atoms with Gasteiger partial charge in [-0.2, -0.15) is 0 Å². The van der Waals surface area contributed by atoms with Crippen LogP contribution in [0.2, 0.25) is 0 Å². The number of aromatic hydroxyl groups is 1. The van der Waals surface area contributed by atoms with Crippen LogP contribution in [0.3, 0.4) is 0 Å². The molecule has 0 radical (unpaired) electrons.